The average molecular weight is 324 g/mol. The molecule has 0 unspecified atom stereocenters. The van der Waals surface area contributed by atoms with Crippen LogP contribution < -0.4 is 10.5 Å². The van der Waals surface area contributed by atoms with Crippen LogP contribution in [0.15, 0.2) is 17.0 Å². The molecular weight excluding hydrogens is 309 g/mol. The molecule has 0 heterocycles. The van der Waals surface area contributed by atoms with Crippen LogP contribution in [-0.4, -0.2) is 27.0 Å². The Balaban J connectivity index is 3.02. The molecule has 0 fully saturated rings. The molecule has 9 heteroatoms. The fourth-order valence-electron chi connectivity index (χ4n) is 1.64. The summed E-state index contributed by atoms with van der Waals surface area (Å²) in [5.74, 6) is -0.773. The highest BCUT2D eigenvalue weighted by Crippen LogP contribution is 2.20. The number of rotatable bonds is 4. The topological polar surface area (TPSA) is 89.3 Å². The summed E-state index contributed by atoms with van der Waals surface area (Å²) in [5.41, 5.74) is 0.968. The van der Waals surface area contributed by atoms with Gasteiger partial charge in [-0.2, -0.15) is 13.2 Å². The maximum atomic E-state index is 12.0. The molecule has 118 valence electrons. The highest BCUT2D eigenvalue weighted by Gasteiger charge is 2.27. The Kier molecular flexibility index (Phi) is 5.00. The van der Waals surface area contributed by atoms with E-state index >= 15 is 0 Å². The van der Waals surface area contributed by atoms with Gasteiger partial charge < -0.3 is 5.32 Å². The van der Waals surface area contributed by atoms with E-state index in [0.29, 0.717) is 11.1 Å². The summed E-state index contributed by atoms with van der Waals surface area (Å²) < 4.78 is 58.7. The predicted octanol–water partition coefficient (Wildman–Crippen LogP) is 1.63. The zero-order valence-electron chi connectivity index (χ0n) is 11.4. The van der Waals surface area contributed by atoms with Crippen LogP contribution in [0.1, 0.15) is 27.9 Å². The number of carbonyl (C=O) groups excluding carboxylic acids is 1. The number of aryl methyl sites for hydroxylation is 1. The summed E-state index contributed by atoms with van der Waals surface area (Å²) in [7, 11) is -4.00. The molecule has 0 aliphatic carbocycles. The van der Waals surface area contributed by atoms with Gasteiger partial charge in [-0.1, -0.05) is 0 Å². The van der Waals surface area contributed by atoms with E-state index in [1.807, 2.05) is 0 Å². The molecule has 0 atom stereocenters. The van der Waals surface area contributed by atoms with Crippen LogP contribution in [0.2, 0.25) is 0 Å². The number of primary sulfonamides is 1. The molecule has 0 spiro atoms. The SMILES string of the molecule is Cc1cc(S(N)(=O)=O)cc(C(=O)NCCC(F)(F)F)c1C. The second-order valence-corrected chi connectivity index (χ2v) is 6.14. The minimum atomic E-state index is -4.37. The van der Waals surface area contributed by atoms with Crippen LogP contribution in [0, 0.1) is 13.8 Å². The Morgan fingerprint density at radius 1 is 1.29 bits per heavy atom. The summed E-state index contributed by atoms with van der Waals surface area (Å²) >= 11 is 0. The Bertz CT molecular complexity index is 654. The lowest BCUT2D eigenvalue weighted by molar-refractivity contribution is -0.132. The highest BCUT2D eigenvalue weighted by atomic mass is 32.2. The number of alkyl halides is 3. The molecule has 1 rings (SSSR count). The summed E-state index contributed by atoms with van der Waals surface area (Å²) in [4.78, 5) is 11.6. The lowest BCUT2D eigenvalue weighted by atomic mass is 10.0. The van der Waals surface area contributed by atoms with E-state index in [4.69, 9.17) is 5.14 Å². The first-order valence-corrected chi connectivity index (χ1v) is 7.45. The van der Waals surface area contributed by atoms with Crippen molar-refractivity contribution >= 4 is 15.9 Å². The van der Waals surface area contributed by atoms with E-state index < -0.39 is 35.1 Å². The van der Waals surface area contributed by atoms with Gasteiger partial charge in [0.25, 0.3) is 5.91 Å². The van der Waals surface area contributed by atoms with Gasteiger partial charge in [-0.25, -0.2) is 13.6 Å². The number of benzene rings is 1. The number of amides is 1. The molecule has 0 saturated carbocycles. The van der Waals surface area contributed by atoms with E-state index in [2.05, 4.69) is 5.32 Å². The van der Waals surface area contributed by atoms with Crippen molar-refractivity contribution in [3.63, 3.8) is 0 Å². The van der Waals surface area contributed by atoms with E-state index in [1.165, 1.54) is 6.07 Å². The summed E-state index contributed by atoms with van der Waals surface area (Å²) in [6.45, 7) is 2.57. The van der Waals surface area contributed by atoms with Gasteiger partial charge in [0, 0.05) is 12.1 Å². The van der Waals surface area contributed by atoms with Crippen LogP contribution in [0.3, 0.4) is 0 Å². The molecule has 1 aromatic carbocycles. The largest absolute Gasteiger partial charge is 0.390 e. The summed E-state index contributed by atoms with van der Waals surface area (Å²) in [5, 5.41) is 7.10. The first-order valence-electron chi connectivity index (χ1n) is 5.91. The second-order valence-electron chi connectivity index (χ2n) is 4.58. The molecule has 1 aromatic rings. The van der Waals surface area contributed by atoms with E-state index in [-0.39, 0.29) is 10.5 Å². The first kappa shape index (κ1) is 17.4. The van der Waals surface area contributed by atoms with Crippen molar-refractivity contribution in [2.24, 2.45) is 5.14 Å². The van der Waals surface area contributed by atoms with Crippen molar-refractivity contribution in [1.82, 2.24) is 5.32 Å². The molecule has 0 aromatic heterocycles. The van der Waals surface area contributed by atoms with Gasteiger partial charge in [-0.3, -0.25) is 4.79 Å². The van der Waals surface area contributed by atoms with Gasteiger partial charge in [0.05, 0.1) is 11.3 Å². The van der Waals surface area contributed by atoms with Crippen LogP contribution in [0.5, 0.6) is 0 Å². The number of carbonyl (C=O) groups is 1. The number of nitrogens with one attached hydrogen (secondary N) is 1. The van der Waals surface area contributed by atoms with Crippen molar-refractivity contribution in [3.05, 3.63) is 28.8 Å². The Hall–Kier alpha value is -1.61. The number of sulfonamides is 1. The van der Waals surface area contributed by atoms with Gasteiger partial charge in [0.15, 0.2) is 0 Å². The molecule has 1 amide bonds. The average Bonchev–Trinajstić information content (AvgIpc) is 2.29. The number of nitrogens with two attached hydrogens (primary N) is 1. The second kappa shape index (κ2) is 6.02. The van der Waals surface area contributed by atoms with E-state index in [9.17, 15) is 26.4 Å². The smallest absolute Gasteiger partial charge is 0.352 e. The summed E-state index contributed by atoms with van der Waals surface area (Å²) in [6.07, 6.45) is -5.54. The molecule has 0 radical (unpaired) electrons. The maximum Gasteiger partial charge on any atom is 0.390 e. The third-order valence-corrected chi connectivity index (χ3v) is 3.80. The van der Waals surface area contributed by atoms with Gasteiger partial charge >= 0.3 is 6.18 Å². The quantitative estimate of drug-likeness (QED) is 0.882. The van der Waals surface area contributed by atoms with Crippen LogP contribution in [0.25, 0.3) is 0 Å². The Morgan fingerprint density at radius 2 is 1.86 bits per heavy atom. The van der Waals surface area contributed by atoms with Crippen molar-refractivity contribution in [2.75, 3.05) is 6.54 Å². The van der Waals surface area contributed by atoms with Gasteiger partial charge in [-0.05, 0) is 37.1 Å². The number of hydrogen-bond donors (Lipinski definition) is 2. The van der Waals surface area contributed by atoms with Crippen LogP contribution >= 0.6 is 0 Å². The fraction of sp³-hybridized carbons (Fsp3) is 0.417. The predicted molar refractivity (Wildman–Crippen MR) is 70.3 cm³/mol. The zero-order chi connectivity index (χ0) is 16.4. The number of halogens is 3. The third kappa shape index (κ3) is 5.01. The van der Waals surface area contributed by atoms with Crippen LogP contribution in [-0.2, 0) is 10.0 Å². The van der Waals surface area contributed by atoms with Crippen LogP contribution in [0.4, 0.5) is 13.2 Å². The van der Waals surface area contributed by atoms with Crippen molar-refractivity contribution in [1.29, 1.82) is 0 Å². The maximum absolute atomic E-state index is 12.0. The van der Waals surface area contributed by atoms with Gasteiger partial charge in [0.2, 0.25) is 10.0 Å². The van der Waals surface area contributed by atoms with E-state index in [0.717, 1.165) is 6.07 Å². The van der Waals surface area contributed by atoms with Crippen molar-refractivity contribution in [2.45, 2.75) is 31.3 Å². The minimum absolute atomic E-state index is 0.0128. The normalized spacial score (nSPS) is 12.3. The Morgan fingerprint density at radius 3 is 2.33 bits per heavy atom. The molecule has 0 aliphatic heterocycles. The molecule has 0 aliphatic rings. The zero-order valence-corrected chi connectivity index (χ0v) is 12.2. The molecule has 0 saturated heterocycles. The third-order valence-electron chi connectivity index (χ3n) is 2.91. The molecule has 21 heavy (non-hydrogen) atoms. The molecule has 3 N–H and O–H groups in total. The standard InChI is InChI=1S/C12H15F3N2O3S/c1-7-5-9(21(16,19)20)6-10(8(7)2)11(18)17-4-3-12(13,14)15/h5-6H,3-4H2,1-2H3,(H,17,18)(H2,16,19,20). The number of hydrogen-bond acceptors (Lipinski definition) is 3. The lowest BCUT2D eigenvalue weighted by Gasteiger charge is -2.12. The minimum Gasteiger partial charge on any atom is -0.352 e. The van der Waals surface area contributed by atoms with Crippen molar-refractivity contribution < 1.29 is 26.4 Å². The lowest BCUT2D eigenvalue weighted by Crippen LogP contribution is -2.29. The summed E-state index contributed by atoms with van der Waals surface area (Å²) in [6, 6.07) is 2.36. The van der Waals surface area contributed by atoms with Gasteiger partial charge in [-0.15, -0.1) is 0 Å². The first-order chi connectivity index (χ1) is 9.42. The Labute approximate surface area is 120 Å². The molecular formula is C12H15F3N2O3S. The molecule has 0 bridgehead atoms. The molecule has 5 nitrogen and oxygen atoms in total. The van der Waals surface area contributed by atoms with E-state index in [1.54, 1.807) is 13.8 Å². The monoisotopic (exact) mass is 324 g/mol. The fourth-order valence-corrected chi connectivity index (χ4v) is 2.26. The van der Waals surface area contributed by atoms with Gasteiger partial charge in [0.1, 0.15) is 0 Å². The highest BCUT2D eigenvalue weighted by molar-refractivity contribution is 7.89. The van der Waals surface area contributed by atoms with Crippen molar-refractivity contribution in [3.8, 4) is 0 Å².